The van der Waals surface area contributed by atoms with Crippen molar-refractivity contribution in [2.24, 2.45) is 0 Å². The molecule has 0 heterocycles. The van der Waals surface area contributed by atoms with E-state index in [1.165, 1.54) is 5.56 Å². The van der Waals surface area contributed by atoms with Gasteiger partial charge >= 0.3 is 0 Å². The highest BCUT2D eigenvalue weighted by Gasteiger charge is 1.91. The van der Waals surface area contributed by atoms with Gasteiger partial charge < -0.3 is 10.1 Å². The largest absolute Gasteiger partial charge is 0.492 e. The second-order valence-corrected chi connectivity index (χ2v) is 3.15. The summed E-state index contributed by atoms with van der Waals surface area (Å²) in [7, 11) is 0. The van der Waals surface area contributed by atoms with E-state index in [9.17, 15) is 0 Å². The maximum Gasteiger partial charge on any atom is 0.119 e. The minimum absolute atomic E-state index is 0.691. The molecule has 2 heteroatoms. The molecule has 0 atom stereocenters. The molecule has 0 saturated carbocycles. The van der Waals surface area contributed by atoms with Crippen LogP contribution >= 0.6 is 0 Å². The molecule has 0 aliphatic heterocycles. The van der Waals surface area contributed by atoms with Crippen molar-refractivity contribution in [1.82, 2.24) is 5.32 Å². The van der Waals surface area contributed by atoms with Gasteiger partial charge in [-0.2, -0.15) is 0 Å². The van der Waals surface area contributed by atoms with Gasteiger partial charge in [0, 0.05) is 13.1 Å². The van der Waals surface area contributed by atoms with E-state index in [2.05, 4.69) is 18.8 Å². The van der Waals surface area contributed by atoms with Gasteiger partial charge in [0.1, 0.15) is 12.4 Å². The molecule has 1 aromatic rings. The molecule has 0 aliphatic rings. The minimum atomic E-state index is 0.691. The quantitative estimate of drug-likeness (QED) is 0.549. The summed E-state index contributed by atoms with van der Waals surface area (Å²) in [5, 5.41) is 3.17. The molecule has 0 unspecified atom stereocenters. The molecule has 0 radical (unpaired) electrons. The lowest BCUT2D eigenvalue weighted by atomic mass is 10.2. The first-order valence-electron chi connectivity index (χ1n) is 4.84. The second kappa shape index (κ2) is 6.22. The van der Waals surface area contributed by atoms with Crippen LogP contribution in [-0.4, -0.2) is 19.7 Å². The van der Waals surface area contributed by atoms with Crippen molar-refractivity contribution in [3.63, 3.8) is 0 Å². The third-order valence-electron chi connectivity index (χ3n) is 1.86. The number of aryl methyl sites for hydroxylation is 1. The summed E-state index contributed by atoms with van der Waals surface area (Å²) >= 11 is 0. The van der Waals surface area contributed by atoms with Gasteiger partial charge in [-0.3, -0.25) is 0 Å². The Hall–Kier alpha value is -1.28. The van der Waals surface area contributed by atoms with E-state index >= 15 is 0 Å². The highest BCUT2D eigenvalue weighted by Crippen LogP contribution is 2.10. The van der Waals surface area contributed by atoms with Gasteiger partial charge in [-0.15, -0.1) is 6.58 Å². The van der Waals surface area contributed by atoms with Crippen LogP contribution in [0.5, 0.6) is 5.75 Å². The normalized spacial score (nSPS) is 9.79. The van der Waals surface area contributed by atoms with Crippen molar-refractivity contribution in [2.45, 2.75) is 6.92 Å². The summed E-state index contributed by atoms with van der Waals surface area (Å²) in [6.07, 6.45) is 1.84. The smallest absolute Gasteiger partial charge is 0.119 e. The first-order chi connectivity index (χ1) is 6.83. The summed E-state index contributed by atoms with van der Waals surface area (Å²) in [6, 6.07) is 8.07. The maximum absolute atomic E-state index is 5.51. The zero-order valence-corrected chi connectivity index (χ0v) is 8.62. The molecule has 1 N–H and O–H groups in total. The Balaban J connectivity index is 2.18. The highest BCUT2D eigenvalue weighted by molar-refractivity contribution is 5.26. The molecule has 2 nitrogen and oxygen atoms in total. The number of nitrogens with one attached hydrogen (secondary N) is 1. The van der Waals surface area contributed by atoms with Crippen LogP contribution in [0.25, 0.3) is 0 Å². The van der Waals surface area contributed by atoms with Gasteiger partial charge in [-0.1, -0.05) is 23.8 Å². The lowest BCUT2D eigenvalue weighted by Crippen LogP contribution is -2.20. The van der Waals surface area contributed by atoms with Crippen molar-refractivity contribution in [3.8, 4) is 5.75 Å². The van der Waals surface area contributed by atoms with Crippen LogP contribution in [0.1, 0.15) is 5.56 Å². The van der Waals surface area contributed by atoms with Gasteiger partial charge in [-0.05, 0) is 19.1 Å². The topological polar surface area (TPSA) is 21.3 Å². The summed E-state index contributed by atoms with van der Waals surface area (Å²) in [5.74, 6) is 0.927. The lowest BCUT2D eigenvalue weighted by molar-refractivity contribution is 0.316. The first kappa shape index (κ1) is 10.8. The molecule has 14 heavy (non-hydrogen) atoms. The van der Waals surface area contributed by atoms with E-state index < -0.39 is 0 Å². The number of ether oxygens (including phenoxy) is 1. The number of rotatable bonds is 6. The molecule has 0 fully saturated rings. The molecule has 1 aromatic carbocycles. The van der Waals surface area contributed by atoms with E-state index in [0.29, 0.717) is 6.61 Å². The third kappa shape index (κ3) is 4.10. The summed E-state index contributed by atoms with van der Waals surface area (Å²) in [6.45, 7) is 8.06. The summed E-state index contributed by atoms with van der Waals surface area (Å²) in [4.78, 5) is 0. The second-order valence-electron chi connectivity index (χ2n) is 3.15. The summed E-state index contributed by atoms with van der Waals surface area (Å²) < 4.78 is 5.51. The molecule has 0 spiro atoms. The highest BCUT2D eigenvalue weighted by atomic mass is 16.5. The fraction of sp³-hybridized carbons (Fsp3) is 0.333. The van der Waals surface area contributed by atoms with Crippen LogP contribution in [0.2, 0.25) is 0 Å². The van der Waals surface area contributed by atoms with Crippen LogP contribution in [0, 0.1) is 6.92 Å². The Morgan fingerprint density at radius 1 is 1.36 bits per heavy atom. The Labute approximate surface area is 85.6 Å². The van der Waals surface area contributed by atoms with Crippen molar-refractivity contribution in [3.05, 3.63) is 42.5 Å². The molecule has 0 aromatic heterocycles. The SMILES string of the molecule is C=CCNCCOc1ccc(C)cc1. The molecule has 0 amide bonds. The van der Waals surface area contributed by atoms with Crippen LogP contribution in [-0.2, 0) is 0 Å². The van der Waals surface area contributed by atoms with E-state index in [0.717, 1.165) is 18.8 Å². The van der Waals surface area contributed by atoms with Crippen molar-refractivity contribution >= 4 is 0 Å². The predicted molar refractivity (Wildman–Crippen MR) is 59.7 cm³/mol. The summed E-state index contributed by atoms with van der Waals surface area (Å²) in [5.41, 5.74) is 1.25. The van der Waals surface area contributed by atoms with Gasteiger partial charge in [0.2, 0.25) is 0 Å². The first-order valence-corrected chi connectivity index (χ1v) is 4.84. The Kier molecular flexibility index (Phi) is 4.79. The zero-order valence-electron chi connectivity index (χ0n) is 8.62. The van der Waals surface area contributed by atoms with Gasteiger partial charge in [0.15, 0.2) is 0 Å². The number of benzene rings is 1. The zero-order chi connectivity index (χ0) is 10.2. The minimum Gasteiger partial charge on any atom is -0.492 e. The lowest BCUT2D eigenvalue weighted by Gasteiger charge is -2.06. The standard InChI is InChI=1S/C12H17NO/c1-3-8-13-9-10-14-12-6-4-11(2)5-7-12/h3-7,13H,1,8-10H2,2H3. The van der Waals surface area contributed by atoms with Crippen LogP contribution in [0.15, 0.2) is 36.9 Å². The fourth-order valence-electron chi connectivity index (χ4n) is 1.08. The van der Waals surface area contributed by atoms with Crippen LogP contribution in [0.3, 0.4) is 0 Å². The van der Waals surface area contributed by atoms with Gasteiger partial charge in [0.25, 0.3) is 0 Å². The van der Waals surface area contributed by atoms with Crippen LogP contribution in [0.4, 0.5) is 0 Å². The Morgan fingerprint density at radius 3 is 2.71 bits per heavy atom. The number of hydrogen-bond donors (Lipinski definition) is 1. The molecule has 0 saturated heterocycles. The van der Waals surface area contributed by atoms with E-state index in [-0.39, 0.29) is 0 Å². The molecule has 76 valence electrons. The average molecular weight is 191 g/mol. The average Bonchev–Trinajstić information content (AvgIpc) is 2.21. The van der Waals surface area contributed by atoms with Crippen LogP contribution < -0.4 is 10.1 Å². The third-order valence-corrected chi connectivity index (χ3v) is 1.86. The van der Waals surface area contributed by atoms with E-state index in [1.54, 1.807) is 0 Å². The molecular formula is C12H17NO. The Morgan fingerprint density at radius 2 is 2.07 bits per heavy atom. The van der Waals surface area contributed by atoms with Gasteiger partial charge in [-0.25, -0.2) is 0 Å². The molecule has 1 rings (SSSR count). The van der Waals surface area contributed by atoms with E-state index in [4.69, 9.17) is 4.74 Å². The number of hydrogen-bond acceptors (Lipinski definition) is 2. The van der Waals surface area contributed by atoms with Crippen molar-refractivity contribution < 1.29 is 4.74 Å². The van der Waals surface area contributed by atoms with Gasteiger partial charge in [0.05, 0.1) is 0 Å². The molecule has 0 bridgehead atoms. The van der Waals surface area contributed by atoms with Crippen molar-refractivity contribution in [1.29, 1.82) is 0 Å². The predicted octanol–water partition coefficient (Wildman–Crippen LogP) is 2.15. The monoisotopic (exact) mass is 191 g/mol. The van der Waals surface area contributed by atoms with E-state index in [1.807, 2.05) is 30.3 Å². The van der Waals surface area contributed by atoms with Crippen molar-refractivity contribution in [2.75, 3.05) is 19.7 Å². The Bertz CT molecular complexity index is 266. The molecular weight excluding hydrogens is 174 g/mol. The fourth-order valence-corrected chi connectivity index (χ4v) is 1.08. The molecule has 0 aliphatic carbocycles. The maximum atomic E-state index is 5.51.